The fourth-order valence-electron chi connectivity index (χ4n) is 4.99. The topological polar surface area (TPSA) is 77.8 Å². The molecule has 3 aromatic rings. The first-order chi connectivity index (χ1) is 15.1. The van der Waals surface area contributed by atoms with Gasteiger partial charge in [-0.1, -0.05) is 30.3 Å². The molecule has 5 rings (SSSR count). The first-order valence-electron chi connectivity index (χ1n) is 10.7. The third-order valence-electron chi connectivity index (χ3n) is 6.36. The number of amides is 2. The molecule has 0 saturated carbocycles. The lowest BCUT2D eigenvalue weighted by molar-refractivity contribution is -0.121. The molecule has 0 aliphatic carbocycles. The maximum Gasteiger partial charge on any atom is 0.257 e. The summed E-state index contributed by atoms with van der Waals surface area (Å²) in [4.78, 5) is 30.1. The normalized spacial score (nSPS) is 17.4. The molecule has 2 N–H and O–H groups in total. The van der Waals surface area contributed by atoms with Crippen molar-refractivity contribution < 1.29 is 14.7 Å². The highest BCUT2D eigenvalue weighted by atomic mass is 16.3. The minimum Gasteiger partial charge on any atom is -0.396 e. The van der Waals surface area contributed by atoms with Gasteiger partial charge in [0.05, 0.1) is 16.9 Å². The number of benzene rings is 2. The van der Waals surface area contributed by atoms with Crippen molar-refractivity contribution in [1.82, 2.24) is 14.8 Å². The Kier molecular flexibility index (Phi) is 4.90. The van der Waals surface area contributed by atoms with E-state index in [0.29, 0.717) is 25.1 Å². The summed E-state index contributed by atoms with van der Waals surface area (Å²) in [5.74, 6) is -0.0622. The van der Waals surface area contributed by atoms with Crippen LogP contribution in [0.3, 0.4) is 0 Å². The summed E-state index contributed by atoms with van der Waals surface area (Å²) >= 11 is 0. The lowest BCUT2D eigenvalue weighted by Crippen LogP contribution is -2.51. The maximum absolute atomic E-state index is 13.3. The highest BCUT2D eigenvalue weighted by Gasteiger charge is 2.42. The minimum absolute atomic E-state index is 0.0357. The van der Waals surface area contributed by atoms with Crippen LogP contribution in [0, 0.1) is 0 Å². The monoisotopic (exact) mass is 418 g/mol. The first kappa shape index (κ1) is 19.6. The molecular weight excluding hydrogens is 392 g/mol. The number of para-hydroxylation sites is 2. The van der Waals surface area contributed by atoms with Crippen LogP contribution in [0.1, 0.15) is 34.2 Å². The second kappa shape index (κ2) is 7.74. The molecule has 0 fully saturated rings. The number of anilines is 1. The zero-order valence-corrected chi connectivity index (χ0v) is 17.5. The SMILES string of the molecule is CN1c2ccccc2C(=O)N2CCc3c(n(CC(=O)NCCCO)c4ccccc34)[C@@H]21. The Labute approximate surface area is 180 Å². The lowest BCUT2D eigenvalue weighted by atomic mass is 9.96. The second-order valence-electron chi connectivity index (χ2n) is 8.14. The van der Waals surface area contributed by atoms with Gasteiger partial charge in [0.1, 0.15) is 12.7 Å². The molecule has 2 aliphatic heterocycles. The van der Waals surface area contributed by atoms with E-state index in [1.807, 2.05) is 54.4 Å². The summed E-state index contributed by atoms with van der Waals surface area (Å²) in [5.41, 5.74) is 4.85. The van der Waals surface area contributed by atoms with Crippen LogP contribution in [0.4, 0.5) is 5.69 Å². The largest absolute Gasteiger partial charge is 0.396 e. The quantitative estimate of drug-likeness (QED) is 0.624. The Hall–Kier alpha value is -3.32. The summed E-state index contributed by atoms with van der Waals surface area (Å²) < 4.78 is 2.06. The number of nitrogens with one attached hydrogen (secondary N) is 1. The molecule has 0 unspecified atom stereocenters. The summed E-state index contributed by atoms with van der Waals surface area (Å²) in [6.07, 6.45) is 1.03. The van der Waals surface area contributed by atoms with Crippen LogP contribution in [0.15, 0.2) is 48.5 Å². The van der Waals surface area contributed by atoms with Gasteiger partial charge in [-0.25, -0.2) is 0 Å². The van der Waals surface area contributed by atoms with Gasteiger partial charge in [0.2, 0.25) is 5.91 Å². The van der Waals surface area contributed by atoms with Gasteiger partial charge in [-0.3, -0.25) is 9.59 Å². The van der Waals surface area contributed by atoms with Gasteiger partial charge in [-0.15, -0.1) is 0 Å². The third-order valence-corrected chi connectivity index (χ3v) is 6.36. The van der Waals surface area contributed by atoms with E-state index in [1.54, 1.807) is 0 Å². The van der Waals surface area contributed by atoms with Gasteiger partial charge in [0.15, 0.2) is 0 Å². The number of carbonyl (C=O) groups is 2. The van der Waals surface area contributed by atoms with Gasteiger partial charge < -0.3 is 24.8 Å². The standard InChI is InChI=1S/C24H26N4O3/c1-26-19-9-4-3-8-18(19)24(31)27-13-11-17-16-7-2-5-10-20(16)28(22(17)23(26)27)15-21(30)25-12-6-14-29/h2-5,7-10,23,29H,6,11-15H2,1H3,(H,25,30)/t23-/m1/s1. The number of rotatable bonds is 5. The number of aliphatic hydroxyl groups excluding tert-OH is 1. The average Bonchev–Trinajstić information content (AvgIpc) is 3.11. The number of hydrogen-bond donors (Lipinski definition) is 2. The Morgan fingerprint density at radius 1 is 1.16 bits per heavy atom. The number of nitrogens with zero attached hydrogens (tertiary/aromatic N) is 3. The van der Waals surface area contributed by atoms with Crippen molar-refractivity contribution in [2.24, 2.45) is 0 Å². The van der Waals surface area contributed by atoms with E-state index in [4.69, 9.17) is 5.11 Å². The van der Waals surface area contributed by atoms with Gasteiger partial charge >= 0.3 is 0 Å². The molecule has 7 nitrogen and oxygen atoms in total. The van der Waals surface area contributed by atoms with Crippen LogP contribution >= 0.6 is 0 Å². The second-order valence-corrected chi connectivity index (χ2v) is 8.14. The zero-order valence-electron chi connectivity index (χ0n) is 17.5. The molecule has 160 valence electrons. The summed E-state index contributed by atoms with van der Waals surface area (Å²) in [5, 5.41) is 13.0. The fraction of sp³-hybridized carbons (Fsp3) is 0.333. The molecule has 2 amide bonds. The fourth-order valence-corrected chi connectivity index (χ4v) is 4.99. The molecule has 3 heterocycles. The Morgan fingerprint density at radius 2 is 1.94 bits per heavy atom. The van der Waals surface area contributed by atoms with Crippen LogP contribution in [0.2, 0.25) is 0 Å². The summed E-state index contributed by atoms with van der Waals surface area (Å²) in [6.45, 7) is 1.31. The maximum atomic E-state index is 13.3. The number of aromatic nitrogens is 1. The predicted molar refractivity (Wildman–Crippen MR) is 119 cm³/mol. The van der Waals surface area contributed by atoms with E-state index < -0.39 is 0 Å². The smallest absolute Gasteiger partial charge is 0.257 e. The van der Waals surface area contributed by atoms with Crippen molar-refractivity contribution in [2.45, 2.75) is 25.6 Å². The molecule has 0 spiro atoms. The van der Waals surface area contributed by atoms with Crippen molar-refractivity contribution in [2.75, 3.05) is 31.6 Å². The molecule has 31 heavy (non-hydrogen) atoms. The van der Waals surface area contributed by atoms with E-state index >= 15 is 0 Å². The van der Waals surface area contributed by atoms with E-state index in [2.05, 4.69) is 20.9 Å². The third kappa shape index (κ3) is 3.08. The molecule has 0 saturated heterocycles. The van der Waals surface area contributed by atoms with Crippen molar-refractivity contribution in [3.63, 3.8) is 0 Å². The first-order valence-corrected chi connectivity index (χ1v) is 10.7. The molecule has 0 bridgehead atoms. The van der Waals surface area contributed by atoms with E-state index in [9.17, 15) is 9.59 Å². The molecule has 0 radical (unpaired) electrons. The van der Waals surface area contributed by atoms with E-state index in [1.165, 1.54) is 5.56 Å². The van der Waals surface area contributed by atoms with Gasteiger partial charge in [-0.2, -0.15) is 0 Å². The van der Waals surface area contributed by atoms with Crippen molar-refractivity contribution >= 4 is 28.4 Å². The zero-order chi connectivity index (χ0) is 21.5. The van der Waals surface area contributed by atoms with Crippen LogP contribution < -0.4 is 10.2 Å². The molecule has 1 aromatic heterocycles. The Morgan fingerprint density at radius 3 is 2.77 bits per heavy atom. The van der Waals surface area contributed by atoms with Crippen molar-refractivity contribution in [3.8, 4) is 0 Å². The molecule has 1 atom stereocenters. The van der Waals surface area contributed by atoms with E-state index in [0.717, 1.165) is 28.7 Å². The highest BCUT2D eigenvalue weighted by molar-refractivity contribution is 6.02. The van der Waals surface area contributed by atoms with Gasteiger partial charge in [0, 0.05) is 37.6 Å². The van der Waals surface area contributed by atoms with Crippen LogP contribution in [0.5, 0.6) is 0 Å². The number of carbonyl (C=O) groups excluding carboxylic acids is 2. The van der Waals surface area contributed by atoms with Gasteiger partial charge in [0.25, 0.3) is 5.91 Å². The number of aliphatic hydroxyl groups is 1. The predicted octanol–water partition coefficient (Wildman–Crippen LogP) is 2.29. The van der Waals surface area contributed by atoms with Crippen LogP contribution in [-0.4, -0.2) is 53.1 Å². The Bertz CT molecular complexity index is 1170. The Balaban J connectivity index is 1.63. The molecule has 2 aromatic carbocycles. The van der Waals surface area contributed by atoms with E-state index in [-0.39, 0.29) is 31.1 Å². The van der Waals surface area contributed by atoms with Crippen molar-refractivity contribution in [1.29, 1.82) is 0 Å². The number of hydrogen-bond acceptors (Lipinski definition) is 4. The molecule has 2 aliphatic rings. The van der Waals surface area contributed by atoms with Gasteiger partial charge in [-0.05, 0) is 36.6 Å². The highest BCUT2D eigenvalue weighted by Crippen LogP contribution is 2.44. The van der Waals surface area contributed by atoms with Crippen LogP contribution in [-0.2, 0) is 17.8 Å². The molecule has 7 heteroatoms. The van der Waals surface area contributed by atoms with Crippen LogP contribution in [0.25, 0.3) is 10.9 Å². The number of fused-ring (bicyclic) bond motifs is 6. The summed E-state index contributed by atoms with van der Waals surface area (Å²) in [6, 6.07) is 15.8. The minimum atomic E-state index is -0.260. The van der Waals surface area contributed by atoms with Crippen molar-refractivity contribution in [3.05, 3.63) is 65.4 Å². The average molecular weight is 418 g/mol. The summed E-state index contributed by atoms with van der Waals surface area (Å²) in [7, 11) is 2.02. The lowest BCUT2D eigenvalue weighted by Gasteiger charge is -2.46. The molecular formula is C24H26N4O3.